The molecular formula is C16H17F2NO. The lowest BCUT2D eigenvalue weighted by Gasteiger charge is -2.15. The summed E-state index contributed by atoms with van der Waals surface area (Å²) in [5.41, 5.74) is 1.82. The molecule has 0 amide bonds. The van der Waals surface area contributed by atoms with Crippen LogP contribution in [0.2, 0.25) is 0 Å². The van der Waals surface area contributed by atoms with Gasteiger partial charge in [0.1, 0.15) is 5.75 Å². The zero-order valence-corrected chi connectivity index (χ0v) is 11.5. The first-order valence-electron chi connectivity index (χ1n) is 6.41. The van der Waals surface area contributed by atoms with E-state index in [1.54, 1.807) is 13.2 Å². The molecule has 0 spiro atoms. The van der Waals surface area contributed by atoms with E-state index in [-0.39, 0.29) is 6.04 Å². The van der Waals surface area contributed by atoms with Crippen LogP contribution >= 0.6 is 0 Å². The molecule has 106 valence electrons. The fourth-order valence-electron chi connectivity index (χ4n) is 1.93. The van der Waals surface area contributed by atoms with Crippen LogP contribution < -0.4 is 10.1 Å². The zero-order chi connectivity index (χ0) is 14.5. The molecule has 0 aliphatic rings. The number of benzene rings is 2. The predicted molar refractivity (Wildman–Crippen MR) is 74.6 cm³/mol. The minimum Gasteiger partial charge on any atom is -0.497 e. The summed E-state index contributed by atoms with van der Waals surface area (Å²) < 4.78 is 31.0. The van der Waals surface area contributed by atoms with Crippen molar-refractivity contribution >= 4 is 0 Å². The summed E-state index contributed by atoms with van der Waals surface area (Å²) in [5.74, 6) is -0.833. The van der Waals surface area contributed by atoms with E-state index >= 15 is 0 Å². The Balaban J connectivity index is 1.96. The largest absolute Gasteiger partial charge is 0.497 e. The van der Waals surface area contributed by atoms with Gasteiger partial charge in [-0.2, -0.15) is 0 Å². The topological polar surface area (TPSA) is 21.3 Å². The molecule has 0 saturated heterocycles. The smallest absolute Gasteiger partial charge is 0.159 e. The van der Waals surface area contributed by atoms with Gasteiger partial charge in [-0.1, -0.05) is 18.2 Å². The van der Waals surface area contributed by atoms with Gasteiger partial charge in [-0.25, -0.2) is 8.78 Å². The van der Waals surface area contributed by atoms with Gasteiger partial charge in [0.25, 0.3) is 0 Å². The van der Waals surface area contributed by atoms with Crippen molar-refractivity contribution in [1.82, 2.24) is 5.32 Å². The van der Waals surface area contributed by atoms with Crippen LogP contribution in [-0.4, -0.2) is 7.11 Å². The van der Waals surface area contributed by atoms with Crippen LogP contribution in [-0.2, 0) is 6.54 Å². The van der Waals surface area contributed by atoms with Crippen molar-refractivity contribution in [3.05, 3.63) is 65.2 Å². The van der Waals surface area contributed by atoms with Gasteiger partial charge < -0.3 is 10.1 Å². The molecular weight excluding hydrogens is 260 g/mol. The SMILES string of the molecule is COc1ccc(C(C)NCc2ccc(F)c(F)c2)cc1. The van der Waals surface area contributed by atoms with Gasteiger partial charge >= 0.3 is 0 Å². The number of hydrogen-bond donors (Lipinski definition) is 1. The number of rotatable bonds is 5. The maximum Gasteiger partial charge on any atom is 0.159 e. The molecule has 1 atom stereocenters. The molecule has 0 aliphatic carbocycles. The molecule has 0 bridgehead atoms. The molecule has 2 rings (SSSR count). The summed E-state index contributed by atoms with van der Waals surface area (Å²) in [4.78, 5) is 0. The fourth-order valence-corrected chi connectivity index (χ4v) is 1.93. The van der Waals surface area contributed by atoms with E-state index in [4.69, 9.17) is 4.74 Å². The van der Waals surface area contributed by atoms with Gasteiger partial charge in [0.05, 0.1) is 7.11 Å². The molecule has 0 saturated carbocycles. The fraction of sp³-hybridized carbons (Fsp3) is 0.250. The lowest BCUT2D eigenvalue weighted by Crippen LogP contribution is -2.18. The molecule has 1 unspecified atom stereocenters. The molecule has 20 heavy (non-hydrogen) atoms. The van der Waals surface area contributed by atoms with Gasteiger partial charge in [0.15, 0.2) is 11.6 Å². The van der Waals surface area contributed by atoms with Crippen molar-refractivity contribution in [2.45, 2.75) is 19.5 Å². The van der Waals surface area contributed by atoms with Crippen LogP contribution in [0.15, 0.2) is 42.5 Å². The highest BCUT2D eigenvalue weighted by Crippen LogP contribution is 2.18. The van der Waals surface area contributed by atoms with Gasteiger partial charge in [-0.05, 0) is 42.3 Å². The minimum absolute atomic E-state index is 0.106. The molecule has 0 radical (unpaired) electrons. The third kappa shape index (κ3) is 3.54. The number of halogens is 2. The molecule has 0 fully saturated rings. The second-order valence-corrected chi connectivity index (χ2v) is 4.62. The van der Waals surface area contributed by atoms with Gasteiger partial charge in [0.2, 0.25) is 0 Å². The van der Waals surface area contributed by atoms with Crippen LogP contribution in [0.3, 0.4) is 0 Å². The number of hydrogen-bond acceptors (Lipinski definition) is 2. The normalized spacial score (nSPS) is 12.2. The lowest BCUT2D eigenvalue weighted by molar-refractivity contribution is 0.414. The van der Waals surface area contributed by atoms with E-state index in [1.807, 2.05) is 31.2 Å². The maximum atomic E-state index is 13.1. The quantitative estimate of drug-likeness (QED) is 0.897. The molecule has 0 heterocycles. The van der Waals surface area contributed by atoms with E-state index < -0.39 is 11.6 Å². The van der Waals surface area contributed by atoms with Crippen molar-refractivity contribution < 1.29 is 13.5 Å². The van der Waals surface area contributed by atoms with Crippen LogP contribution in [0.4, 0.5) is 8.78 Å². The first kappa shape index (κ1) is 14.5. The van der Waals surface area contributed by atoms with Crippen LogP contribution in [0, 0.1) is 11.6 Å². The number of ether oxygens (including phenoxy) is 1. The third-order valence-corrected chi connectivity index (χ3v) is 3.21. The highest BCUT2D eigenvalue weighted by atomic mass is 19.2. The first-order chi connectivity index (χ1) is 9.60. The summed E-state index contributed by atoms with van der Waals surface area (Å²) in [5, 5.41) is 3.27. The highest BCUT2D eigenvalue weighted by molar-refractivity contribution is 5.29. The first-order valence-corrected chi connectivity index (χ1v) is 6.41. The average Bonchev–Trinajstić information content (AvgIpc) is 2.48. The molecule has 0 aliphatic heterocycles. The van der Waals surface area contributed by atoms with E-state index in [2.05, 4.69) is 5.32 Å². The Morgan fingerprint density at radius 2 is 1.75 bits per heavy atom. The van der Waals surface area contributed by atoms with E-state index in [9.17, 15) is 8.78 Å². The zero-order valence-electron chi connectivity index (χ0n) is 11.5. The average molecular weight is 277 g/mol. The Bertz CT molecular complexity index is 569. The highest BCUT2D eigenvalue weighted by Gasteiger charge is 2.07. The Morgan fingerprint density at radius 1 is 1.05 bits per heavy atom. The van der Waals surface area contributed by atoms with Crippen molar-refractivity contribution in [2.75, 3.05) is 7.11 Å². The molecule has 2 nitrogen and oxygen atoms in total. The van der Waals surface area contributed by atoms with Crippen LogP contribution in [0.1, 0.15) is 24.1 Å². The Hall–Kier alpha value is -1.94. The third-order valence-electron chi connectivity index (χ3n) is 3.21. The Labute approximate surface area is 117 Å². The summed E-state index contributed by atoms with van der Waals surface area (Å²) in [6.45, 7) is 2.49. The van der Waals surface area contributed by atoms with Gasteiger partial charge in [-0.15, -0.1) is 0 Å². The summed E-state index contributed by atoms with van der Waals surface area (Å²) in [6.07, 6.45) is 0. The molecule has 2 aromatic carbocycles. The summed E-state index contributed by atoms with van der Waals surface area (Å²) in [7, 11) is 1.62. The van der Waals surface area contributed by atoms with E-state index in [1.165, 1.54) is 6.07 Å². The molecule has 1 N–H and O–H groups in total. The van der Waals surface area contributed by atoms with Crippen LogP contribution in [0.5, 0.6) is 5.75 Å². The number of nitrogens with one attached hydrogen (secondary N) is 1. The summed E-state index contributed by atoms with van der Waals surface area (Å²) >= 11 is 0. The van der Waals surface area contributed by atoms with Crippen molar-refractivity contribution in [2.24, 2.45) is 0 Å². The van der Waals surface area contributed by atoms with Crippen molar-refractivity contribution in [3.63, 3.8) is 0 Å². The molecule has 0 aromatic heterocycles. The Kier molecular flexibility index (Phi) is 4.69. The summed E-state index contributed by atoms with van der Waals surface area (Å²) in [6, 6.07) is 11.8. The van der Waals surface area contributed by atoms with Gasteiger partial charge in [-0.3, -0.25) is 0 Å². The molecule has 4 heteroatoms. The molecule has 2 aromatic rings. The maximum absolute atomic E-state index is 13.1. The Morgan fingerprint density at radius 3 is 2.35 bits per heavy atom. The van der Waals surface area contributed by atoms with E-state index in [0.29, 0.717) is 12.1 Å². The number of methoxy groups -OCH3 is 1. The second kappa shape index (κ2) is 6.48. The van der Waals surface area contributed by atoms with E-state index in [0.717, 1.165) is 17.4 Å². The van der Waals surface area contributed by atoms with Crippen molar-refractivity contribution in [1.29, 1.82) is 0 Å². The lowest BCUT2D eigenvalue weighted by atomic mass is 10.1. The predicted octanol–water partition coefficient (Wildman–Crippen LogP) is 3.82. The minimum atomic E-state index is -0.822. The monoisotopic (exact) mass is 277 g/mol. The van der Waals surface area contributed by atoms with Gasteiger partial charge in [0, 0.05) is 12.6 Å². The van der Waals surface area contributed by atoms with Crippen LogP contribution in [0.25, 0.3) is 0 Å². The second-order valence-electron chi connectivity index (χ2n) is 4.62. The van der Waals surface area contributed by atoms with Crippen molar-refractivity contribution in [3.8, 4) is 5.75 Å². The standard InChI is InChI=1S/C16H17F2NO/c1-11(13-4-6-14(20-2)7-5-13)19-10-12-3-8-15(17)16(18)9-12/h3-9,11,19H,10H2,1-2H3.